The number of ether oxygens (including phenoxy) is 1. The Hall–Kier alpha value is -5.72. The molecule has 0 saturated heterocycles. The first kappa shape index (κ1) is 35.1. The molecule has 0 radical (unpaired) electrons. The summed E-state index contributed by atoms with van der Waals surface area (Å²) >= 11 is 0. The van der Waals surface area contributed by atoms with E-state index in [9.17, 15) is 19.2 Å². The molecule has 3 heterocycles. The zero-order valence-corrected chi connectivity index (χ0v) is 29.6. The van der Waals surface area contributed by atoms with Crippen LogP contribution in [0.15, 0.2) is 77.3 Å². The van der Waals surface area contributed by atoms with Crippen LogP contribution in [-0.2, 0) is 17.3 Å². The summed E-state index contributed by atoms with van der Waals surface area (Å²) in [5.74, 6) is -0.928. The number of para-hydroxylation sites is 1. The van der Waals surface area contributed by atoms with Crippen LogP contribution in [0.4, 0.5) is 16.3 Å². The van der Waals surface area contributed by atoms with Gasteiger partial charge in [0.1, 0.15) is 17.3 Å². The molecule has 5 aromatic rings. The molecule has 0 aliphatic heterocycles. The first-order chi connectivity index (χ1) is 24.3. The van der Waals surface area contributed by atoms with E-state index in [1.807, 2.05) is 44.2 Å². The summed E-state index contributed by atoms with van der Waals surface area (Å²) in [6.07, 6.45) is 3.15. The van der Waals surface area contributed by atoms with Gasteiger partial charge in [0.05, 0.1) is 16.8 Å². The van der Waals surface area contributed by atoms with E-state index >= 15 is 0 Å². The molecule has 51 heavy (non-hydrogen) atoms. The molecule has 3 amide bonds. The highest BCUT2D eigenvalue weighted by atomic mass is 16.6. The van der Waals surface area contributed by atoms with Crippen LogP contribution in [0.25, 0.3) is 11.1 Å². The Kier molecular flexibility index (Phi) is 9.82. The Balaban J connectivity index is 1.33. The van der Waals surface area contributed by atoms with Gasteiger partial charge in [-0.1, -0.05) is 69.7 Å². The van der Waals surface area contributed by atoms with E-state index in [0.29, 0.717) is 17.5 Å². The van der Waals surface area contributed by atoms with E-state index in [4.69, 9.17) is 9.15 Å². The molecular formula is C38H43N7O6. The van der Waals surface area contributed by atoms with E-state index in [1.165, 1.54) is 16.9 Å². The number of anilines is 2. The summed E-state index contributed by atoms with van der Waals surface area (Å²) in [6, 6.07) is 18.9. The van der Waals surface area contributed by atoms with E-state index in [2.05, 4.69) is 46.9 Å². The minimum absolute atomic E-state index is 0.0109. The normalized spacial score (nSPS) is 17.7. The van der Waals surface area contributed by atoms with Crippen molar-refractivity contribution in [2.45, 2.75) is 65.5 Å². The van der Waals surface area contributed by atoms with Crippen molar-refractivity contribution in [3.8, 4) is 0 Å². The molecule has 1 fully saturated rings. The van der Waals surface area contributed by atoms with Gasteiger partial charge in [-0.3, -0.25) is 19.1 Å². The van der Waals surface area contributed by atoms with Gasteiger partial charge in [0.2, 0.25) is 0 Å². The Morgan fingerprint density at radius 3 is 2.37 bits per heavy atom. The van der Waals surface area contributed by atoms with Gasteiger partial charge in [0, 0.05) is 19.3 Å². The number of nitrogens with one attached hydrogen (secondary N) is 3. The summed E-state index contributed by atoms with van der Waals surface area (Å²) in [6.45, 7) is 10.1. The average molecular weight is 694 g/mol. The molecular weight excluding hydrogens is 650 g/mol. The Bertz CT molecular complexity index is 2080. The van der Waals surface area contributed by atoms with Gasteiger partial charge < -0.3 is 25.1 Å². The number of hydrogen-bond donors (Lipinski definition) is 3. The number of amides is 3. The van der Waals surface area contributed by atoms with Crippen molar-refractivity contribution in [3.05, 3.63) is 95.5 Å². The second-order valence-corrected chi connectivity index (χ2v) is 14.1. The summed E-state index contributed by atoms with van der Waals surface area (Å²) in [5, 5.41) is 16.9. The van der Waals surface area contributed by atoms with Crippen LogP contribution in [0.1, 0.15) is 90.8 Å². The molecule has 0 spiro atoms. The number of nitrogens with zero attached hydrogens (tertiary/aromatic N) is 4. The van der Waals surface area contributed by atoms with Gasteiger partial charge in [-0.25, -0.2) is 4.79 Å². The van der Waals surface area contributed by atoms with Crippen molar-refractivity contribution in [2.24, 2.45) is 24.8 Å². The average Bonchev–Trinajstić information content (AvgIpc) is 3.81. The van der Waals surface area contributed by atoms with Crippen LogP contribution in [0, 0.1) is 17.8 Å². The molecule has 2 aromatic carbocycles. The van der Waals surface area contributed by atoms with Gasteiger partial charge in [0.25, 0.3) is 17.7 Å². The number of fused-ring (bicyclic) bond motifs is 1. The number of hydrogen-bond acceptors (Lipinski definition) is 8. The first-order valence-corrected chi connectivity index (χ1v) is 17.1. The second kappa shape index (κ2) is 14.3. The third kappa shape index (κ3) is 7.42. The van der Waals surface area contributed by atoms with Crippen LogP contribution < -0.4 is 16.0 Å². The van der Waals surface area contributed by atoms with Gasteiger partial charge in [-0.2, -0.15) is 9.78 Å². The molecule has 0 unspecified atom stereocenters. The molecule has 6 rings (SSSR count). The lowest BCUT2D eigenvalue weighted by Gasteiger charge is -2.36. The second-order valence-electron chi connectivity index (χ2n) is 14.1. The van der Waals surface area contributed by atoms with E-state index < -0.39 is 29.4 Å². The maximum atomic E-state index is 13.8. The van der Waals surface area contributed by atoms with Crippen molar-refractivity contribution in [1.29, 1.82) is 0 Å². The Morgan fingerprint density at radius 1 is 0.941 bits per heavy atom. The molecule has 13 heteroatoms. The number of carbonyl (C=O) groups is 4. The fraction of sp³-hybridized carbons (Fsp3) is 0.368. The topological polar surface area (TPSA) is 162 Å². The summed E-state index contributed by atoms with van der Waals surface area (Å²) in [5.41, 5.74) is 0.957. The quantitative estimate of drug-likeness (QED) is 0.149. The maximum Gasteiger partial charge on any atom is 0.435 e. The molecule has 3 aromatic heterocycles. The SMILES string of the molecule is CC(C)[C@@H]1CC[C@@H](C)C[C@H]1OC(=O)n1nc(NC(=O)c2ccccc2NC(=O)c2ccnn2C)c2oc(C(=O)NC(C)(C)c3ccccc3)cc21. The van der Waals surface area contributed by atoms with Crippen LogP contribution in [0.5, 0.6) is 0 Å². The Morgan fingerprint density at radius 2 is 1.67 bits per heavy atom. The zero-order chi connectivity index (χ0) is 36.4. The molecule has 13 nitrogen and oxygen atoms in total. The van der Waals surface area contributed by atoms with Gasteiger partial charge in [0.15, 0.2) is 17.2 Å². The van der Waals surface area contributed by atoms with Crippen LogP contribution >= 0.6 is 0 Å². The lowest BCUT2D eigenvalue weighted by molar-refractivity contribution is 0.00595. The third-order valence-corrected chi connectivity index (χ3v) is 9.59. The highest BCUT2D eigenvalue weighted by molar-refractivity contribution is 6.14. The minimum Gasteiger partial charge on any atom is -0.445 e. The van der Waals surface area contributed by atoms with E-state index in [0.717, 1.165) is 29.5 Å². The predicted molar refractivity (Wildman–Crippen MR) is 191 cm³/mol. The number of aromatic nitrogens is 4. The smallest absolute Gasteiger partial charge is 0.435 e. The molecule has 1 aliphatic carbocycles. The van der Waals surface area contributed by atoms with Gasteiger partial charge >= 0.3 is 6.09 Å². The molecule has 266 valence electrons. The molecule has 1 aliphatic rings. The third-order valence-electron chi connectivity index (χ3n) is 9.59. The van der Waals surface area contributed by atoms with Crippen LogP contribution in [-0.4, -0.2) is 49.5 Å². The van der Waals surface area contributed by atoms with Gasteiger partial charge in [-0.15, -0.1) is 5.10 Å². The van der Waals surface area contributed by atoms with E-state index in [-0.39, 0.29) is 46.0 Å². The fourth-order valence-electron chi connectivity index (χ4n) is 6.69. The number of furan rings is 1. The van der Waals surface area contributed by atoms with Crippen molar-refractivity contribution in [2.75, 3.05) is 10.6 Å². The van der Waals surface area contributed by atoms with E-state index in [1.54, 1.807) is 37.4 Å². The monoisotopic (exact) mass is 693 g/mol. The van der Waals surface area contributed by atoms with Crippen molar-refractivity contribution in [1.82, 2.24) is 24.9 Å². The Labute approximate surface area is 295 Å². The van der Waals surface area contributed by atoms with Crippen LogP contribution in [0.2, 0.25) is 0 Å². The maximum absolute atomic E-state index is 13.8. The lowest BCUT2D eigenvalue weighted by Crippen LogP contribution is -2.40. The van der Waals surface area contributed by atoms with Crippen molar-refractivity contribution < 1.29 is 28.3 Å². The number of aryl methyl sites for hydroxylation is 1. The minimum atomic E-state index is -0.757. The molecule has 0 bridgehead atoms. The summed E-state index contributed by atoms with van der Waals surface area (Å²) in [7, 11) is 1.64. The molecule has 1 saturated carbocycles. The highest BCUT2D eigenvalue weighted by Gasteiger charge is 2.35. The van der Waals surface area contributed by atoms with Gasteiger partial charge in [-0.05, 0) is 68.2 Å². The molecule has 3 N–H and O–H groups in total. The molecule has 3 atom stereocenters. The fourth-order valence-corrected chi connectivity index (χ4v) is 6.69. The summed E-state index contributed by atoms with van der Waals surface area (Å²) in [4.78, 5) is 54.2. The standard InChI is InChI=1S/C38H43N7O6/c1-22(2)25-17-16-23(3)20-30(25)51-37(49)45-29-21-31(36(48)42-38(4,5)24-12-8-7-9-13-24)50-32(29)33(43-45)41-34(46)26-14-10-11-15-27(26)40-35(47)28-18-19-39-44(28)6/h7-15,18-19,21-23,25,30H,16-17,20H2,1-6H3,(H,40,47)(H,42,48)(H,41,43,46)/t23-,25+,30-/m1/s1. The zero-order valence-electron chi connectivity index (χ0n) is 29.6. The van der Waals surface area contributed by atoms with Crippen molar-refractivity contribution in [3.63, 3.8) is 0 Å². The first-order valence-electron chi connectivity index (χ1n) is 17.1. The highest BCUT2D eigenvalue weighted by Crippen LogP contribution is 2.36. The number of benzene rings is 2. The predicted octanol–water partition coefficient (Wildman–Crippen LogP) is 6.98. The largest absolute Gasteiger partial charge is 0.445 e. The van der Waals surface area contributed by atoms with Crippen LogP contribution in [0.3, 0.4) is 0 Å². The lowest BCUT2D eigenvalue weighted by atomic mass is 9.75. The number of carbonyl (C=O) groups excluding carboxylic acids is 4. The number of rotatable bonds is 9. The summed E-state index contributed by atoms with van der Waals surface area (Å²) < 4.78 is 14.6. The van der Waals surface area contributed by atoms with Crippen molar-refractivity contribution >= 4 is 46.4 Å².